The third kappa shape index (κ3) is 3.10. The minimum atomic E-state index is -0.459. The van der Waals surface area contributed by atoms with E-state index in [1.165, 1.54) is 24.3 Å². The van der Waals surface area contributed by atoms with Gasteiger partial charge in [-0.2, -0.15) is 0 Å². The van der Waals surface area contributed by atoms with E-state index in [4.69, 9.17) is 0 Å². The Hall–Kier alpha value is -2.23. The molecule has 0 bridgehead atoms. The Balaban J connectivity index is 1.83. The molecule has 0 aliphatic heterocycles. The highest BCUT2D eigenvalue weighted by Gasteiger charge is 2.37. The van der Waals surface area contributed by atoms with Crippen molar-refractivity contribution in [1.82, 2.24) is 0 Å². The van der Waals surface area contributed by atoms with Gasteiger partial charge < -0.3 is 5.32 Å². The molecular weight excluding hydrogens is 272 g/mol. The first-order valence-electron chi connectivity index (χ1n) is 6.96. The summed E-state index contributed by atoms with van der Waals surface area (Å²) in [4.78, 5) is 12.5. The van der Waals surface area contributed by atoms with Gasteiger partial charge in [-0.15, -0.1) is 0 Å². The zero-order valence-corrected chi connectivity index (χ0v) is 11.4. The average molecular weight is 287 g/mol. The maximum atomic E-state index is 13.6. The zero-order chi connectivity index (χ0) is 14.8. The number of nitrogens with one attached hydrogen (secondary N) is 1. The van der Waals surface area contributed by atoms with Gasteiger partial charge in [0.1, 0.15) is 11.6 Å². The van der Waals surface area contributed by atoms with Crippen LogP contribution in [0.25, 0.3) is 0 Å². The molecule has 1 fully saturated rings. The molecule has 0 saturated heterocycles. The molecule has 4 heteroatoms. The molecule has 0 heterocycles. The molecule has 2 nitrogen and oxygen atoms in total. The van der Waals surface area contributed by atoms with E-state index in [0.29, 0.717) is 0 Å². The molecule has 0 aromatic heterocycles. The largest absolute Gasteiger partial charge is 0.323 e. The van der Waals surface area contributed by atoms with Gasteiger partial charge in [0.25, 0.3) is 0 Å². The molecule has 1 aliphatic carbocycles. The van der Waals surface area contributed by atoms with Crippen LogP contribution in [0.3, 0.4) is 0 Å². The zero-order valence-electron chi connectivity index (χ0n) is 11.4. The number of halogens is 2. The van der Waals surface area contributed by atoms with Crippen LogP contribution in [0, 0.1) is 17.6 Å². The summed E-state index contributed by atoms with van der Waals surface area (Å²) in [6, 6.07) is 12.0. The summed E-state index contributed by atoms with van der Waals surface area (Å²) in [6.07, 6.45) is 1.93. The Labute approximate surface area is 121 Å². The lowest BCUT2D eigenvalue weighted by atomic mass is 9.93. The number of amides is 1. The summed E-state index contributed by atoms with van der Waals surface area (Å²) < 4.78 is 26.6. The van der Waals surface area contributed by atoms with Crippen LogP contribution in [0.1, 0.15) is 24.3 Å². The fourth-order valence-electron chi connectivity index (χ4n) is 2.51. The molecule has 1 amide bonds. The number of rotatable bonds is 4. The van der Waals surface area contributed by atoms with Crippen molar-refractivity contribution in [1.29, 1.82) is 0 Å². The van der Waals surface area contributed by atoms with Gasteiger partial charge >= 0.3 is 0 Å². The SMILES string of the molecule is O=C(Nc1ccccc1F)C(c1ccc(F)cc1)C1CC1. The summed E-state index contributed by atoms with van der Waals surface area (Å²) >= 11 is 0. The second kappa shape index (κ2) is 5.64. The van der Waals surface area contributed by atoms with Crippen molar-refractivity contribution in [2.45, 2.75) is 18.8 Å². The first-order chi connectivity index (χ1) is 10.1. The standard InChI is InChI=1S/C17H15F2NO/c18-13-9-7-12(8-10-13)16(11-5-6-11)17(21)20-15-4-2-1-3-14(15)19/h1-4,7-11,16H,5-6H2,(H,20,21). The predicted octanol–water partition coefficient (Wildman–Crippen LogP) is 4.10. The van der Waals surface area contributed by atoms with E-state index < -0.39 is 5.82 Å². The Morgan fingerprint density at radius 1 is 1.05 bits per heavy atom. The van der Waals surface area contributed by atoms with Gasteiger partial charge in [0.15, 0.2) is 0 Å². The lowest BCUT2D eigenvalue weighted by molar-refractivity contribution is -0.118. The van der Waals surface area contributed by atoms with Gasteiger partial charge in [-0.25, -0.2) is 8.78 Å². The summed E-state index contributed by atoms with van der Waals surface area (Å²) in [5.74, 6) is -1.14. The molecule has 1 N–H and O–H groups in total. The highest BCUT2D eigenvalue weighted by atomic mass is 19.1. The van der Waals surface area contributed by atoms with E-state index in [1.54, 1.807) is 24.3 Å². The third-order valence-electron chi connectivity index (χ3n) is 3.74. The van der Waals surface area contributed by atoms with Crippen LogP contribution in [0.5, 0.6) is 0 Å². The van der Waals surface area contributed by atoms with Crippen molar-refractivity contribution in [3.05, 3.63) is 65.7 Å². The average Bonchev–Trinajstić information content (AvgIpc) is 3.29. The van der Waals surface area contributed by atoms with Crippen molar-refractivity contribution in [2.75, 3.05) is 5.32 Å². The van der Waals surface area contributed by atoms with Crippen LogP contribution >= 0.6 is 0 Å². The quantitative estimate of drug-likeness (QED) is 0.901. The molecule has 1 atom stereocenters. The molecule has 0 spiro atoms. The number of carbonyl (C=O) groups is 1. The van der Waals surface area contributed by atoms with Crippen molar-refractivity contribution in [3.8, 4) is 0 Å². The molecule has 2 aromatic carbocycles. The molecule has 21 heavy (non-hydrogen) atoms. The van der Waals surface area contributed by atoms with Crippen molar-refractivity contribution in [2.24, 2.45) is 5.92 Å². The van der Waals surface area contributed by atoms with Gasteiger partial charge in [-0.3, -0.25) is 4.79 Å². The number of hydrogen-bond donors (Lipinski definition) is 1. The van der Waals surface area contributed by atoms with Gasteiger partial charge in [0.2, 0.25) is 5.91 Å². The van der Waals surface area contributed by atoms with E-state index in [1.807, 2.05) is 0 Å². The lowest BCUT2D eigenvalue weighted by Crippen LogP contribution is -2.23. The highest BCUT2D eigenvalue weighted by Crippen LogP contribution is 2.43. The topological polar surface area (TPSA) is 29.1 Å². The van der Waals surface area contributed by atoms with Gasteiger partial charge in [-0.05, 0) is 48.6 Å². The Kier molecular flexibility index (Phi) is 3.69. The van der Waals surface area contributed by atoms with E-state index in [9.17, 15) is 13.6 Å². The summed E-state index contributed by atoms with van der Waals surface area (Å²) in [5.41, 5.74) is 0.947. The molecule has 0 radical (unpaired) electrons. The van der Waals surface area contributed by atoms with E-state index in [0.717, 1.165) is 18.4 Å². The van der Waals surface area contributed by atoms with Gasteiger partial charge in [-0.1, -0.05) is 24.3 Å². The number of carbonyl (C=O) groups excluding carboxylic acids is 1. The monoisotopic (exact) mass is 287 g/mol. The van der Waals surface area contributed by atoms with Crippen molar-refractivity contribution < 1.29 is 13.6 Å². The molecule has 2 aromatic rings. The number of anilines is 1. The first-order valence-corrected chi connectivity index (χ1v) is 6.96. The molecule has 1 unspecified atom stereocenters. The maximum Gasteiger partial charge on any atom is 0.232 e. The smallest absolute Gasteiger partial charge is 0.232 e. The highest BCUT2D eigenvalue weighted by molar-refractivity contribution is 5.96. The summed E-state index contributed by atoms with van der Waals surface area (Å²) in [6.45, 7) is 0. The van der Waals surface area contributed by atoms with Crippen molar-refractivity contribution in [3.63, 3.8) is 0 Å². The Bertz CT molecular complexity index is 650. The van der Waals surface area contributed by atoms with Crippen LogP contribution in [-0.4, -0.2) is 5.91 Å². The van der Waals surface area contributed by atoms with Crippen LogP contribution in [-0.2, 0) is 4.79 Å². The van der Waals surface area contributed by atoms with Crippen molar-refractivity contribution >= 4 is 11.6 Å². The van der Waals surface area contributed by atoms with Crippen LogP contribution in [0.2, 0.25) is 0 Å². The molecular formula is C17H15F2NO. The first kappa shape index (κ1) is 13.7. The molecule has 108 valence electrons. The second-order valence-electron chi connectivity index (χ2n) is 5.34. The number of benzene rings is 2. The fraction of sp³-hybridized carbons (Fsp3) is 0.235. The summed E-state index contributed by atoms with van der Waals surface area (Å²) in [7, 11) is 0. The minimum Gasteiger partial charge on any atom is -0.323 e. The van der Waals surface area contributed by atoms with Gasteiger partial charge in [0, 0.05) is 0 Å². The minimum absolute atomic E-state index is 0.176. The predicted molar refractivity (Wildman–Crippen MR) is 76.9 cm³/mol. The van der Waals surface area contributed by atoms with Crippen LogP contribution < -0.4 is 5.32 Å². The maximum absolute atomic E-state index is 13.6. The van der Waals surface area contributed by atoms with E-state index in [2.05, 4.69) is 5.32 Å². The third-order valence-corrected chi connectivity index (χ3v) is 3.74. The summed E-state index contributed by atoms with van der Waals surface area (Å²) in [5, 5.41) is 2.64. The van der Waals surface area contributed by atoms with Crippen LogP contribution in [0.15, 0.2) is 48.5 Å². The van der Waals surface area contributed by atoms with E-state index in [-0.39, 0.29) is 29.2 Å². The number of para-hydroxylation sites is 1. The molecule has 1 saturated carbocycles. The fourth-order valence-corrected chi connectivity index (χ4v) is 2.51. The Morgan fingerprint density at radius 3 is 2.33 bits per heavy atom. The normalized spacial score (nSPS) is 15.5. The van der Waals surface area contributed by atoms with E-state index >= 15 is 0 Å². The molecule has 3 rings (SSSR count). The van der Waals surface area contributed by atoms with Crippen LogP contribution in [0.4, 0.5) is 14.5 Å². The number of hydrogen-bond acceptors (Lipinski definition) is 1. The lowest BCUT2D eigenvalue weighted by Gasteiger charge is -2.17. The van der Waals surface area contributed by atoms with Gasteiger partial charge in [0.05, 0.1) is 11.6 Å². The second-order valence-corrected chi connectivity index (χ2v) is 5.34. The molecule has 1 aliphatic rings. The Morgan fingerprint density at radius 2 is 1.71 bits per heavy atom.